The zero-order chi connectivity index (χ0) is 13.7. The van der Waals surface area contributed by atoms with E-state index in [9.17, 15) is 4.79 Å². The normalized spacial score (nSPS) is 17.4. The molecule has 103 valence electrons. The highest BCUT2D eigenvalue weighted by atomic mass is 16.2. The summed E-state index contributed by atoms with van der Waals surface area (Å²) in [5, 5.41) is 0. The van der Waals surface area contributed by atoms with E-state index in [1.807, 2.05) is 36.2 Å². The smallest absolute Gasteiger partial charge is 0.222 e. The molecule has 1 aromatic rings. The lowest BCUT2D eigenvalue weighted by atomic mass is 10.0. The van der Waals surface area contributed by atoms with E-state index in [-0.39, 0.29) is 5.91 Å². The maximum Gasteiger partial charge on any atom is 0.222 e. The van der Waals surface area contributed by atoms with E-state index in [1.54, 1.807) is 0 Å². The fraction of sp³-hybridized carbons (Fsp3) is 0.562. The van der Waals surface area contributed by atoms with Crippen LogP contribution in [0.2, 0.25) is 0 Å². The van der Waals surface area contributed by atoms with Crippen molar-refractivity contribution in [2.45, 2.75) is 31.7 Å². The van der Waals surface area contributed by atoms with Crippen LogP contribution in [-0.4, -0.2) is 48.9 Å². The molecule has 0 spiro atoms. The molecule has 0 unspecified atom stereocenters. The molecule has 0 saturated carbocycles. The number of rotatable bonds is 4. The average Bonchev–Trinajstić information content (AvgIpc) is 2.46. The van der Waals surface area contributed by atoms with Crippen molar-refractivity contribution in [3.63, 3.8) is 0 Å². The Kier molecular flexibility index (Phi) is 4.97. The summed E-state index contributed by atoms with van der Waals surface area (Å²) >= 11 is 0. The third-order valence-corrected chi connectivity index (χ3v) is 4.04. The first kappa shape index (κ1) is 14.1. The lowest BCUT2D eigenvalue weighted by Crippen LogP contribution is -2.44. The third kappa shape index (κ3) is 4.06. The summed E-state index contributed by atoms with van der Waals surface area (Å²) in [7, 11) is 4.10. The molecular weight excluding hydrogens is 236 g/mol. The number of hydrogen-bond donors (Lipinski definition) is 0. The van der Waals surface area contributed by atoms with E-state index in [0.717, 1.165) is 32.4 Å². The van der Waals surface area contributed by atoms with Crippen molar-refractivity contribution >= 4 is 5.91 Å². The fourth-order valence-corrected chi connectivity index (χ4v) is 2.60. The van der Waals surface area contributed by atoms with E-state index in [0.29, 0.717) is 12.5 Å². The molecule has 3 nitrogen and oxygen atoms in total. The van der Waals surface area contributed by atoms with E-state index >= 15 is 0 Å². The van der Waals surface area contributed by atoms with Crippen LogP contribution in [0, 0.1) is 6.07 Å². The first-order chi connectivity index (χ1) is 9.16. The van der Waals surface area contributed by atoms with Gasteiger partial charge < -0.3 is 9.80 Å². The highest BCUT2D eigenvalue weighted by Crippen LogP contribution is 2.15. The predicted molar refractivity (Wildman–Crippen MR) is 76.9 cm³/mol. The van der Waals surface area contributed by atoms with Crippen LogP contribution >= 0.6 is 0 Å². The molecule has 1 fully saturated rings. The first-order valence-corrected chi connectivity index (χ1v) is 7.06. The third-order valence-electron chi connectivity index (χ3n) is 4.04. The molecule has 1 heterocycles. The highest BCUT2D eigenvalue weighted by Gasteiger charge is 2.23. The molecule has 1 aliphatic rings. The molecule has 1 aromatic carbocycles. The van der Waals surface area contributed by atoms with Gasteiger partial charge in [-0.15, -0.1) is 0 Å². The van der Waals surface area contributed by atoms with Gasteiger partial charge in [-0.2, -0.15) is 0 Å². The Morgan fingerprint density at radius 3 is 2.63 bits per heavy atom. The van der Waals surface area contributed by atoms with Crippen molar-refractivity contribution in [2.24, 2.45) is 0 Å². The minimum absolute atomic E-state index is 0.266. The van der Waals surface area contributed by atoms with Crippen LogP contribution in [0.3, 0.4) is 0 Å². The lowest BCUT2D eigenvalue weighted by molar-refractivity contribution is -0.132. The van der Waals surface area contributed by atoms with Crippen molar-refractivity contribution in [3.8, 4) is 0 Å². The van der Waals surface area contributed by atoms with Crippen molar-refractivity contribution in [3.05, 3.63) is 35.9 Å². The summed E-state index contributed by atoms with van der Waals surface area (Å²) in [5.74, 6) is 0.266. The largest absolute Gasteiger partial charge is 0.343 e. The van der Waals surface area contributed by atoms with E-state index in [4.69, 9.17) is 0 Å². The molecular formula is C16H23N2O. The van der Waals surface area contributed by atoms with Gasteiger partial charge in [-0.05, 0) is 51.0 Å². The summed E-state index contributed by atoms with van der Waals surface area (Å²) in [6.45, 7) is 2.19. The molecule has 1 aliphatic heterocycles. The second-order valence-electron chi connectivity index (χ2n) is 5.45. The Bertz CT molecular complexity index is 396. The maximum atomic E-state index is 12.2. The van der Waals surface area contributed by atoms with E-state index in [1.165, 1.54) is 5.56 Å². The molecule has 2 rings (SSSR count). The molecule has 0 aromatic heterocycles. The zero-order valence-corrected chi connectivity index (χ0v) is 11.9. The summed E-state index contributed by atoms with van der Waals surface area (Å²) < 4.78 is 0. The summed E-state index contributed by atoms with van der Waals surface area (Å²) in [5.41, 5.74) is 1.21. The van der Waals surface area contributed by atoms with Crippen LogP contribution in [0.5, 0.6) is 0 Å². The first-order valence-electron chi connectivity index (χ1n) is 7.06. The van der Waals surface area contributed by atoms with Gasteiger partial charge in [0.1, 0.15) is 0 Å². The number of benzene rings is 1. The molecule has 0 atom stereocenters. The van der Waals surface area contributed by atoms with Gasteiger partial charge in [-0.1, -0.05) is 24.3 Å². The topological polar surface area (TPSA) is 23.6 Å². The number of hydrogen-bond acceptors (Lipinski definition) is 2. The van der Waals surface area contributed by atoms with Gasteiger partial charge in [-0.25, -0.2) is 0 Å². The quantitative estimate of drug-likeness (QED) is 0.825. The van der Waals surface area contributed by atoms with Crippen LogP contribution in [0.15, 0.2) is 24.3 Å². The number of aryl methyl sites for hydroxylation is 1. The number of carbonyl (C=O) groups is 1. The standard InChI is InChI=1S/C16H23N2O/c1-17-12-10-15(11-13-17)18(2)16(19)9-8-14-6-4-3-5-7-14/h4-7,15H,8-13H2,1-2H3. The number of carbonyl (C=O) groups excluding carboxylic acids is 1. The molecule has 3 heteroatoms. The Morgan fingerprint density at radius 1 is 1.37 bits per heavy atom. The number of amides is 1. The molecule has 0 aliphatic carbocycles. The average molecular weight is 259 g/mol. The Hall–Kier alpha value is -1.35. The number of likely N-dealkylation sites (tertiary alicyclic amines) is 1. The molecule has 1 radical (unpaired) electrons. The molecule has 0 bridgehead atoms. The summed E-state index contributed by atoms with van der Waals surface area (Å²) in [4.78, 5) is 16.5. The van der Waals surface area contributed by atoms with Gasteiger partial charge in [0.15, 0.2) is 0 Å². The second kappa shape index (κ2) is 6.71. The van der Waals surface area contributed by atoms with Gasteiger partial charge in [0.05, 0.1) is 0 Å². The van der Waals surface area contributed by atoms with Crippen molar-refractivity contribution in [2.75, 3.05) is 27.2 Å². The van der Waals surface area contributed by atoms with Crippen molar-refractivity contribution in [1.29, 1.82) is 0 Å². The van der Waals surface area contributed by atoms with Gasteiger partial charge in [0, 0.05) is 19.5 Å². The van der Waals surface area contributed by atoms with Gasteiger partial charge in [-0.3, -0.25) is 4.79 Å². The number of nitrogens with zero attached hydrogens (tertiary/aromatic N) is 2. The van der Waals surface area contributed by atoms with Gasteiger partial charge in [0.2, 0.25) is 5.91 Å². The predicted octanol–water partition coefficient (Wildman–Crippen LogP) is 1.97. The molecule has 1 saturated heterocycles. The molecule has 0 N–H and O–H groups in total. The van der Waals surface area contributed by atoms with E-state index < -0.39 is 0 Å². The summed E-state index contributed by atoms with van der Waals surface area (Å²) in [6, 6.07) is 11.3. The van der Waals surface area contributed by atoms with Crippen LogP contribution in [-0.2, 0) is 11.2 Å². The van der Waals surface area contributed by atoms with Gasteiger partial charge >= 0.3 is 0 Å². The zero-order valence-electron chi connectivity index (χ0n) is 11.9. The summed E-state index contributed by atoms with van der Waals surface area (Å²) in [6.07, 6.45) is 3.62. The monoisotopic (exact) mass is 259 g/mol. The highest BCUT2D eigenvalue weighted by molar-refractivity contribution is 5.76. The number of piperidine rings is 1. The van der Waals surface area contributed by atoms with Crippen LogP contribution in [0.1, 0.15) is 24.8 Å². The second-order valence-corrected chi connectivity index (χ2v) is 5.45. The Morgan fingerprint density at radius 2 is 2.00 bits per heavy atom. The molecule has 1 amide bonds. The van der Waals surface area contributed by atoms with Gasteiger partial charge in [0.25, 0.3) is 0 Å². The fourth-order valence-electron chi connectivity index (χ4n) is 2.60. The Labute approximate surface area is 116 Å². The minimum atomic E-state index is 0.266. The lowest BCUT2D eigenvalue weighted by Gasteiger charge is -2.35. The van der Waals surface area contributed by atoms with Crippen LogP contribution < -0.4 is 0 Å². The van der Waals surface area contributed by atoms with Crippen molar-refractivity contribution < 1.29 is 4.79 Å². The maximum absolute atomic E-state index is 12.2. The van der Waals surface area contributed by atoms with E-state index in [2.05, 4.69) is 18.0 Å². The SMILES string of the molecule is CN1CCC(N(C)C(=O)CCc2cc[c]cc2)CC1. The van der Waals surface area contributed by atoms with Crippen molar-refractivity contribution in [1.82, 2.24) is 9.80 Å². The Balaban J connectivity index is 1.79. The van der Waals surface area contributed by atoms with Crippen LogP contribution in [0.4, 0.5) is 0 Å². The van der Waals surface area contributed by atoms with Crippen LogP contribution in [0.25, 0.3) is 0 Å². The minimum Gasteiger partial charge on any atom is -0.343 e. The molecule has 19 heavy (non-hydrogen) atoms.